The Hall–Kier alpha value is -4.05. The zero-order valence-corrected chi connectivity index (χ0v) is 17.1. The van der Waals surface area contributed by atoms with Gasteiger partial charge in [0.1, 0.15) is 17.1 Å². The molecular weight excluding hydrogens is 388 g/mol. The maximum Gasteiger partial charge on any atom is 0.336 e. The highest BCUT2D eigenvalue weighted by Crippen LogP contribution is 2.30. The van der Waals surface area contributed by atoms with E-state index in [1.165, 1.54) is 11.6 Å². The minimum Gasteiger partial charge on any atom is -0.497 e. The number of para-hydroxylation sites is 1. The van der Waals surface area contributed by atoms with Crippen molar-refractivity contribution in [2.75, 3.05) is 7.11 Å². The lowest BCUT2D eigenvalue weighted by molar-refractivity contribution is 0.413. The van der Waals surface area contributed by atoms with Gasteiger partial charge in [-0.05, 0) is 54.1 Å². The van der Waals surface area contributed by atoms with Crippen LogP contribution in [0.4, 0.5) is 0 Å². The van der Waals surface area contributed by atoms with Crippen LogP contribution in [-0.4, -0.2) is 7.11 Å². The van der Waals surface area contributed by atoms with Crippen LogP contribution < -0.4 is 10.4 Å². The van der Waals surface area contributed by atoms with E-state index in [1.54, 1.807) is 25.5 Å². The first-order valence-corrected chi connectivity index (χ1v) is 9.96. The van der Waals surface area contributed by atoms with Gasteiger partial charge in [-0.3, -0.25) is 0 Å². The topological polar surface area (TPSA) is 48.7 Å². The Labute approximate surface area is 180 Å². The second-order valence-electron chi connectivity index (χ2n) is 6.93. The molecule has 4 heteroatoms. The molecule has 1 atom stereocenters. The van der Waals surface area contributed by atoms with E-state index in [4.69, 9.17) is 13.9 Å². The Kier molecular flexibility index (Phi) is 6.29. The lowest BCUT2D eigenvalue weighted by atomic mass is 9.96. The second-order valence-corrected chi connectivity index (χ2v) is 6.93. The van der Waals surface area contributed by atoms with E-state index in [0.29, 0.717) is 5.58 Å². The highest BCUT2D eigenvalue weighted by Gasteiger charge is 2.13. The zero-order chi connectivity index (χ0) is 21.5. The summed E-state index contributed by atoms with van der Waals surface area (Å²) in [5.74, 6) is 1.98. The number of hydrogen-bond acceptors (Lipinski definition) is 4. The highest BCUT2D eigenvalue weighted by atomic mass is 16.5. The molecular formula is C27H22O4. The fourth-order valence-corrected chi connectivity index (χ4v) is 3.27. The predicted molar refractivity (Wildman–Crippen MR) is 123 cm³/mol. The van der Waals surface area contributed by atoms with Gasteiger partial charge in [-0.2, -0.15) is 0 Å². The van der Waals surface area contributed by atoms with Gasteiger partial charge in [-0.1, -0.05) is 48.5 Å². The van der Waals surface area contributed by atoms with Crippen molar-refractivity contribution in [2.24, 2.45) is 0 Å². The molecule has 2 heterocycles. The highest BCUT2D eigenvalue weighted by molar-refractivity contribution is 5.75. The molecule has 154 valence electrons. The molecule has 1 aromatic heterocycles. The summed E-state index contributed by atoms with van der Waals surface area (Å²) < 4.78 is 15.7. The number of ether oxygens (including phenoxy) is 2. The van der Waals surface area contributed by atoms with Crippen molar-refractivity contribution >= 4 is 16.7 Å². The fourth-order valence-electron chi connectivity index (χ4n) is 3.27. The van der Waals surface area contributed by atoms with Crippen LogP contribution >= 0.6 is 0 Å². The molecule has 4 aromatic rings. The summed E-state index contributed by atoms with van der Waals surface area (Å²) in [5, 5.41) is 0.951. The van der Waals surface area contributed by atoms with Crippen LogP contribution in [0.3, 0.4) is 0 Å². The van der Waals surface area contributed by atoms with Gasteiger partial charge in [0, 0.05) is 22.9 Å². The molecule has 1 unspecified atom stereocenters. The largest absolute Gasteiger partial charge is 0.497 e. The third kappa shape index (κ3) is 5.11. The van der Waals surface area contributed by atoms with Crippen LogP contribution in [0.25, 0.3) is 16.7 Å². The monoisotopic (exact) mass is 410 g/mol. The van der Waals surface area contributed by atoms with Gasteiger partial charge in [0.05, 0.1) is 13.4 Å². The first-order valence-electron chi connectivity index (χ1n) is 9.96. The minimum absolute atomic E-state index is 0.252. The van der Waals surface area contributed by atoms with E-state index < -0.39 is 0 Å². The molecule has 0 aliphatic carbocycles. The zero-order valence-electron chi connectivity index (χ0n) is 17.1. The van der Waals surface area contributed by atoms with Gasteiger partial charge in [0.25, 0.3) is 0 Å². The molecule has 5 rings (SSSR count). The summed E-state index contributed by atoms with van der Waals surface area (Å²) in [4.78, 5) is 10.7. The summed E-state index contributed by atoms with van der Waals surface area (Å²) in [5.41, 5.74) is 2.65. The fraction of sp³-hybridized carbons (Fsp3) is 0.0741. The summed E-state index contributed by atoms with van der Waals surface area (Å²) in [6.07, 6.45) is 5.96. The summed E-state index contributed by atoms with van der Waals surface area (Å²) in [6, 6.07) is 28.9. The number of rotatable bonds is 3. The van der Waals surface area contributed by atoms with Crippen LogP contribution in [0.15, 0.2) is 119 Å². The Morgan fingerprint density at radius 3 is 2.32 bits per heavy atom. The molecule has 3 aromatic carbocycles. The summed E-state index contributed by atoms with van der Waals surface area (Å²) in [7, 11) is 1.67. The number of benzene rings is 3. The summed E-state index contributed by atoms with van der Waals surface area (Å²) >= 11 is 0. The van der Waals surface area contributed by atoms with E-state index in [0.717, 1.165) is 22.5 Å². The van der Waals surface area contributed by atoms with E-state index in [-0.39, 0.29) is 11.5 Å². The molecule has 1 aliphatic rings. The van der Waals surface area contributed by atoms with Crippen LogP contribution in [0.5, 0.6) is 5.75 Å². The predicted octanol–water partition coefficient (Wildman–Crippen LogP) is 6.16. The van der Waals surface area contributed by atoms with Gasteiger partial charge in [-0.25, -0.2) is 4.79 Å². The van der Waals surface area contributed by atoms with Crippen molar-refractivity contribution in [2.45, 2.75) is 5.92 Å². The quantitative estimate of drug-likeness (QED) is 0.380. The maximum atomic E-state index is 10.7. The second kappa shape index (κ2) is 9.63. The lowest BCUT2D eigenvalue weighted by Crippen LogP contribution is -1.99. The van der Waals surface area contributed by atoms with Crippen molar-refractivity contribution < 1.29 is 13.9 Å². The standard InChI is InChI=1S/C18H16O2.C9H6O2/c1-19-17-9-7-15(8-10-17)18-13-16(11-12-20-18)14-5-3-2-4-6-14;10-9-6-5-7-3-1-2-4-8(7)11-9/h2-13,16H,1H3;1-6H. The molecule has 0 saturated heterocycles. The van der Waals surface area contributed by atoms with Gasteiger partial charge in [-0.15, -0.1) is 0 Å². The SMILES string of the molecule is COc1ccc(C2=CC(c3ccccc3)C=CO2)cc1.O=c1ccc2ccccc2o1. The van der Waals surface area contributed by atoms with Crippen molar-refractivity contribution in [3.8, 4) is 5.75 Å². The van der Waals surface area contributed by atoms with Crippen LogP contribution in [0, 0.1) is 0 Å². The van der Waals surface area contributed by atoms with Crippen molar-refractivity contribution in [1.29, 1.82) is 0 Å². The van der Waals surface area contributed by atoms with E-state index >= 15 is 0 Å². The minimum atomic E-state index is -0.302. The van der Waals surface area contributed by atoms with E-state index in [9.17, 15) is 4.79 Å². The molecule has 1 aliphatic heterocycles. The van der Waals surface area contributed by atoms with Gasteiger partial charge in [0.15, 0.2) is 0 Å². The molecule has 31 heavy (non-hydrogen) atoms. The molecule has 4 nitrogen and oxygen atoms in total. The first kappa shape index (κ1) is 20.2. The van der Waals surface area contributed by atoms with Crippen LogP contribution in [0.1, 0.15) is 17.0 Å². The molecule has 0 radical (unpaired) electrons. The molecule has 0 saturated carbocycles. The average Bonchev–Trinajstić information content (AvgIpc) is 2.85. The van der Waals surface area contributed by atoms with Crippen molar-refractivity contribution in [1.82, 2.24) is 0 Å². The smallest absolute Gasteiger partial charge is 0.336 e. The third-order valence-electron chi connectivity index (χ3n) is 4.90. The molecule has 0 spiro atoms. The number of methoxy groups -OCH3 is 1. The summed E-state index contributed by atoms with van der Waals surface area (Å²) in [6.45, 7) is 0. The molecule has 0 amide bonds. The third-order valence-corrected chi connectivity index (χ3v) is 4.90. The van der Waals surface area contributed by atoms with E-state index in [2.05, 4.69) is 36.4 Å². The maximum absolute atomic E-state index is 10.7. The average molecular weight is 410 g/mol. The number of allylic oxidation sites excluding steroid dienone is 2. The number of fused-ring (bicyclic) bond motifs is 1. The molecule has 0 N–H and O–H groups in total. The normalized spacial score (nSPS) is 14.7. The van der Waals surface area contributed by atoms with Crippen molar-refractivity contribution in [3.63, 3.8) is 0 Å². The van der Waals surface area contributed by atoms with Crippen LogP contribution in [-0.2, 0) is 4.74 Å². The van der Waals surface area contributed by atoms with Crippen molar-refractivity contribution in [3.05, 3.63) is 131 Å². The Morgan fingerprint density at radius 1 is 0.806 bits per heavy atom. The Bertz CT molecular complexity index is 1250. The Morgan fingerprint density at radius 2 is 1.55 bits per heavy atom. The van der Waals surface area contributed by atoms with Crippen LogP contribution in [0.2, 0.25) is 0 Å². The van der Waals surface area contributed by atoms with Gasteiger partial charge >= 0.3 is 5.63 Å². The Balaban J connectivity index is 0.000000177. The van der Waals surface area contributed by atoms with Gasteiger partial charge < -0.3 is 13.9 Å². The first-order chi connectivity index (χ1) is 15.2. The molecule has 0 fully saturated rings. The lowest BCUT2D eigenvalue weighted by Gasteiger charge is -2.17. The number of hydrogen-bond donors (Lipinski definition) is 0. The van der Waals surface area contributed by atoms with E-state index in [1.807, 2.05) is 48.5 Å². The molecule has 0 bridgehead atoms. The van der Waals surface area contributed by atoms with Gasteiger partial charge in [0.2, 0.25) is 0 Å².